The van der Waals surface area contributed by atoms with Crippen LogP contribution in [-0.2, 0) is 11.2 Å². The zero-order chi connectivity index (χ0) is 12.2. The molecule has 16 heavy (non-hydrogen) atoms. The van der Waals surface area contributed by atoms with Crippen LogP contribution < -0.4 is 5.73 Å². The molecule has 0 spiro atoms. The standard InChI is InChI=1S/C12H17ClFNO/c1-12(15,6-7-16-2)8-9-10(13)4-3-5-11(9)14/h3-5H,6-8,15H2,1-2H3. The van der Waals surface area contributed by atoms with E-state index in [2.05, 4.69) is 0 Å². The molecule has 0 radical (unpaired) electrons. The average molecular weight is 246 g/mol. The van der Waals surface area contributed by atoms with E-state index in [-0.39, 0.29) is 5.82 Å². The van der Waals surface area contributed by atoms with Crippen LogP contribution in [0.15, 0.2) is 18.2 Å². The highest BCUT2D eigenvalue weighted by Crippen LogP contribution is 2.24. The maximum atomic E-state index is 13.5. The van der Waals surface area contributed by atoms with E-state index in [9.17, 15) is 4.39 Å². The summed E-state index contributed by atoms with van der Waals surface area (Å²) in [6.45, 7) is 2.42. The molecular formula is C12H17ClFNO. The summed E-state index contributed by atoms with van der Waals surface area (Å²) in [5.41, 5.74) is 6.03. The third-order valence-corrected chi connectivity index (χ3v) is 2.87. The Hall–Kier alpha value is -0.640. The Morgan fingerprint density at radius 2 is 2.19 bits per heavy atom. The van der Waals surface area contributed by atoms with Crippen molar-refractivity contribution in [1.82, 2.24) is 0 Å². The zero-order valence-corrected chi connectivity index (χ0v) is 10.4. The third-order valence-electron chi connectivity index (χ3n) is 2.52. The second kappa shape index (κ2) is 5.62. The van der Waals surface area contributed by atoms with E-state index >= 15 is 0 Å². The molecule has 0 amide bonds. The number of benzene rings is 1. The summed E-state index contributed by atoms with van der Waals surface area (Å²) in [5.74, 6) is -0.304. The Morgan fingerprint density at radius 3 is 2.75 bits per heavy atom. The molecule has 0 aliphatic heterocycles. The maximum absolute atomic E-state index is 13.5. The zero-order valence-electron chi connectivity index (χ0n) is 9.59. The van der Waals surface area contributed by atoms with Gasteiger partial charge in [-0.1, -0.05) is 17.7 Å². The van der Waals surface area contributed by atoms with Gasteiger partial charge in [0.2, 0.25) is 0 Å². The Balaban J connectivity index is 2.79. The number of halogens is 2. The highest BCUT2D eigenvalue weighted by molar-refractivity contribution is 6.31. The molecule has 1 unspecified atom stereocenters. The molecule has 0 aliphatic carbocycles. The molecule has 90 valence electrons. The van der Waals surface area contributed by atoms with Crippen molar-refractivity contribution in [2.75, 3.05) is 13.7 Å². The van der Waals surface area contributed by atoms with Crippen LogP contribution in [0.2, 0.25) is 5.02 Å². The van der Waals surface area contributed by atoms with E-state index in [1.54, 1.807) is 19.2 Å². The first-order chi connectivity index (χ1) is 7.46. The predicted octanol–water partition coefficient (Wildman–Crippen LogP) is 2.78. The van der Waals surface area contributed by atoms with Crippen LogP contribution in [0.25, 0.3) is 0 Å². The van der Waals surface area contributed by atoms with Gasteiger partial charge in [-0.2, -0.15) is 0 Å². The Morgan fingerprint density at radius 1 is 1.50 bits per heavy atom. The lowest BCUT2D eigenvalue weighted by atomic mass is 9.90. The smallest absolute Gasteiger partial charge is 0.127 e. The van der Waals surface area contributed by atoms with E-state index < -0.39 is 5.54 Å². The molecular weight excluding hydrogens is 229 g/mol. The molecule has 2 N–H and O–H groups in total. The number of ether oxygens (including phenoxy) is 1. The third kappa shape index (κ3) is 3.74. The van der Waals surface area contributed by atoms with Gasteiger partial charge in [0.1, 0.15) is 5.82 Å². The van der Waals surface area contributed by atoms with Crippen molar-refractivity contribution >= 4 is 11.6 Å². The van der Waals surface area contributed by atoms with Gasteiger partial charge in [-0.15, -0.1) is 0 Å². The van der Waals surface area contributed by atoms with E-state index in [1.807, 2.05) is 6.92 Å². The van der Waals surface area contributed by atoms with Gasteiger partial charge in [0, 0.05) is 29.8 Å². The Kier molecular flexibility index (Phi) is 4.71. The fraction of sp³-hybridized carbons (Fsp3) is 0.500. The topological polar surface area (TPSA) is 35.2 Å². The molecule has 0 saturated heterocycles. The van der Waals surface area contributed by atoms with E-state index in [0.717, 1.165) is 0 Å². The molecule has 0 heterocycles. The second-order valence-electron chi connectivity index (χ2n) is 4.27. The average Bonchev–Trinajstić information content (AvgIpc) is 2.21. The Labute approximate surface area is 101 Å². The van der Waals surface area contributed by atoms with E-state index in [1.165, 1.54) is 6.07 Å². The van der Waals surface area contributed by atoms with Gasteiger partial charge >= 0.3 is 0 Å². The lowest BCUT2D eigenvalue weighted by molar-refractivity contribution is 0.171. The normalized spacial score (nSPS) is 14.8. The molecule has 0 aromatic heterocycles. The highest BCUT2D eigenvalue weighted by atomic mass is 35.5. The number of rotatable bonds is 5. The van der Waals surface area contributed by atoms with Crippen LogP contribution in [-0.4, -0.2) is 19.3 Å². The minimum absolute atomic E-state index is 0.304. The van der Waals surface area contributed by atoms with Crippen molar-refractivity contribution in [3.8, 4) is 0 Å². The molecule has 0 bridgehead atoms. The monoisotopic (exact) mass is 245 g/mol. The van der Waals surface area contributed by atoms with Crippen LogP contribution in [0.3, 0.4) is 0 Å². The minimum Gasteiger partial charge on any atom is -0.385 e. The van der Waals surface area contributed by atoms with E-state index in [4.69, 9.17) is 22.1 Å². The lowest BCUT2D eigenvalue weighted by Gasteiger charge is -2.25. The SMILES string of the molecule is COCCC(C)(N)Cc1c(F)cccc1Cl. The summed E-state index contributed by atoms with van der Waals surface area (Å²) < 4.78 is 18.5. The van der Waals surface area contributed by atoms with Gasteiger partial charge in [0.15, 0.2) is 0 Å². The molecule has 4 heteroatoms. The molecule has 0 fully saturated rings. The fourth-order valence-electron chi connectivity index (χ4n) is 1.53. The largest absolute Gasteiger partial charge is 0.385 e. The van der Waals surface area contributed by atoms with Crippen LogP contribution in [0.5, 0.6) is 0 Å². The van der Waals surface area contributed by atoms with Gasteiger partial charge in [0.05, 0.1) is 0 Å². The first kappa shape index (κ1) is 13.4. The quantitative estimate of drug-likeness (QED) is 0.866. The highest BCUT2D eigenvalue weighted by Gasteiger charge is 2.22. The van der Waals surface area contributed by atoms with Crippen molar-refractivity contribution in [3.63, 3.8) is 0 Å². The van der Waals surface area contributed by atoms with Gasteiger partial charge in [0.25, 0.3) is 0 Å². The maximum Gasteiger partial charge on any atom is 0.127 e. The number of methoxy groups -OCH3 is 1. The number of hydrogen-bond acceptors (Lipinski definition) is 2. The number of nitrogens with two attached hydrogens (primary N) is 1. The van der Waals surface area contributed by atoms with Gasteiger partial charge in [-0.25, -0.2) is 4.39 Å². The van der Waals surface area contributed by atoms with Gasteiger partial charge in [-0.3, -0.25) is 0 Å². The first-order valence-corrected chi connectivity index (χ1v) is 5.55. The summed E-state index contributed by atoms with van der Waals surface area (Å²) >= 11 is 5.94. The summed E-state index contributed by atoms with van der Waals surface area (Å²) in [5, 5.41) is 0.425. The minimum atomic E-state index is -0.512. The van der Waals surface area contributed by atoms with Crippen LogP contribution in [0.1, 0.15) is 18.9 Å². The number of hydrogen-bond donors (Lipinski definition) is 1. The second-order valence-corrected chi connectivity index (χ2v) is 4.68. The van der Waals surface area contributed by atoms with Crippen molar-refractivity contribution in [1.29, 1.82) is 0 Å². The van der Waals surface area contributed by atoms with Crippen LogP contribution in [0, 0.1) is 5.82 Å². The summed E-state index contributed by atoms with van der Waals surface area (Å²) in [7, 11) is 1.62. The van der Waals surface area contributed by atoms with Crippen molar-refractivity contribution in [2.24, 2.45) is 5.73 Å². The summed E-state index contributed by atoms with van der Waals surface area (Å²) in [6, 6.07) is 4.66. The predicted molar refractivity (Wildman–Crippen MR) is 64.2 cm³/mol. The van der Waals surface area contributed by atoms with Gasteiger partial charge in [-0.05, 0) is 31.9 Å². The molecule has 1 aromatic carbocycles. The van der Waals surface area contributed by atoms with Crippen molar-refractivity contribution in [2.45, 2.75) is 25.3 Å². The van der Waals surface area contributed by atoms with E-state index in [0.29, 0.717) is 30.0 Å². The Bertz CT molecular complexity index is 335. The molecule has 0 saturated carbocycles. The van der Waals surface area contributed by atoms with Crippen molar-refractivity contribution in [3.05, 3.63) is 34.6 Å². The molecule has 1 aromatic rings. The summed E-state index contributed by atoms with van der Waals surface area (Å²) in [4.78, 5) is 0. The molecule has 1 atom stereocenters. The molecule has 2 nitrogen and oxygen atoms in total. The summed E-state index contributed by atoms with van der Waals surface area (Å²) in [6.07, 6.45) is 1.07. The van der Waals surface area contributed by atoms with Crippen LogP contribution >= 0.6 is 11.6 Å². The van der Waals surface area contributed by atoms with Crippen LogP contribution in [0.4, 0.5) is 4.39 Å². The molecule has 0 aliphatic rings. The first-order valence-electron chi connectivity index (χ1n) is 5.17. The molecule has 1 rings (SSSR count). The lowest BCUT2D eigenvalue weighted by Crippen LogP contribution is -2.40. The fourth-order valence-corrected chi connectivity index (χ4v) is 1.76. The van der Waals surface area contributed by atoms with Gasteiger partial charge < -0.3 is 10.5 Å². The van der Waals surface area contributed by atoms with Crippen molar-refractivity contribution < 1.29 is 9.13 Å².